The van der Waals surface area contributed by atoms with E-state index in [-0.39, 0.29) is 6.09 Å². The summed E-state index contributed by atoms with van der Waals surface area (Å²) in [6, 6.07) is 24.7. The fraction of sp³-hybridized carbons (Fsp3) is 0.259. The molecule has 0 atom stereocenters. The van der Waals surface area contributed by atoms with Gasteiger partial charge in [0.2, 0.25) is 0 Å². The molecule has 0 radical (unpaired) electrons. The molecule has 2 heterocycles. The molecule has 5 heteroatoms. The van der Waals surface area contributed by atoms with Gasteiger partial charge in [-0.3, -0.25) is 4.98 Å². The Morgan fingerprint density at radius 3 is 2.00 bits per heavy atom. The molecular weight excluding hydrogens is 398 g/mol. The highest BCUT2D eigenvalue weighted by Crippen LogP contribution is 2.34. The van der Waals surface area contributed by atoms with E-state index in [9.17, 15) is 4.79 Å². The topological polar surface area (TPSA) is 45.7 Å². The molecule has 2 aromatic carbocycles. The fourth-order valence-corrected chi connectivity index (χ4v) is 3.70. The average molecular weight is 428 g/mol. The van der Waals surface area contributed by atoms with Crippen LogP contribution in [0.15, 0.2) is 85.1 Å². The maximum atomic E-state index is 12.3. The predicted octanol–water partition coefficient (Wildman–Crippen LogP) is 6.58. The quantitative estimate of drug-likeness (QED) is 0.472. The van der Waals surface area contributed by atoms with E-state index in [1.54, 1.807) is 4.90 Å². The summed E-state index contributed by atoms with van der Waals surface area (Å²) in [6.07, 6.45) is 4.47. The molecule has 4 rings (SSSR count). The molecule has 164 valence electrons. The summed E-state index contributed by atoms with van der Waals surface area (Å²) in [5, 5.41) is 0. The molecule has 1 aromatic heterocycles. The zero-order valence-corrected chi connectivity index (χ0v) is 18.9. The van der Waals surface area contributed by atoms with Gasteiger partial charge in [-0.05, 0) is 69.2 Å². The number of carbonyl (C=O) groups excluding carboxylic acids is 1. The van der Waals surface area contributed by atoms with Crippen molar-refractivity contribution in [3.8, 4) is 0 Å². The smallest absolute Gasteiger partial charge is 0.410 e. The summed E-state index contributed by atoms with van der Waals surface area (Å²) in [5.41, 5.74) is 4.78. The first-order chi connectivity index (χ1) is 15.4. The normalized spacial score (nSPS) is 14.0. The van der Waals surface area contributed by atoms with E-state index in [2.05, 4.69) is 47.4 Å². The molecule has 1 aliphatic rings. The number of benzene rings is 2. The van der Waals surface area contributed by atoms with Gasteiger partial charge in [0.15, 0.2) is 0 Å². The number of rotatable bonds is 4. The van der Waals surface area contributed by atoms with E-state index < -0.39 is 5.60 Å². The van der Waals surface area contributed by atoms with Gasteiger partial charge in [-0.2, -0.15) is 0 Å². The Balaban J connectivity index is 1.53. The van der Waals surface area contributed by atoms with Crippen LogP contribution in [0, 0.1) is 0 Å². The van der Waals surface area contributed by atoms with E-state index in [0.29, 0.717) is 13.1 Å². The molecule has 0 spiro atoms. The van der Waals surface area contributed by atoms with Crippen molar-refractivity contribution < 1.29 is 9.53 Å². The van der Waals surface area contributed by atoms with Gasteiger partial charge in [0.25, 0.3) is 0 Å². The van der Waals surface area contributed by atoms with Crippen LogP contribution in [0.2, 0.25) is 0 Å². The molecule has 0 N–H and O–H groups in total. The second-order valence-corrected chi connectivity index (χ2v) is 8.81. The molecule has 5 nitrogen and oxygen atoms in total. The van der Waals surface area contributed by atoms with Crippen LogP contribution in [0.3, 0.4) is 0 Å². The van der Waals surface area contributed by atoms with Crippen LogP contribution in [0.1, 0.15) is 32.9 Å². The summed E-state index contributed by atoms with van der Waals surface area (Å²) in [4.78, 5) is 21.0. The predicted molar refractivity (Wildman–Crippen MR) is 129 cm³/mol. The van der Waals surface area contributed by atoms with Crippen molar-refractivity contribution in [1.82, 2.24) is 9.88 Å². The van der Waals surface area contributed by atoms with Crippen LogP contribution in [0.5, 0.6) is 0 Å². The minimum absolute atomic E-state index is 0.266. The second-order valence-electron chi connectivity index (χ2n) is 8.81. The molecule has 0 aliphatic carbocycles. The van der Waals surface area contributed by atoms with Gasteiger partial charge >= 0.3 is 6.09 Å². The summed E-state index contributed by atoms with van der Waals surface area (Å²) in [5.74, 6) is 0. The minimum Gasteiger partial charge on any atom is -0.444 e. The lowest BCUT2D eigenvalue weighted by atomic mass is 10.0. The average Bonchev–Trinajstić information content (AvgIpc) is 2.80. The highest BCUT2D eigenvalue weighted by Gasteiger charge is 2.24. The van der Waals surface area contributed by atoms with Gasteiger partial charge in [0.05, 0.1) is 17.6 Å². The third kappa shape index (κ3) is 5.17. The second kappa shape index (κ2) is 9.27. The summed E-state index contributed by atoms with van der Waals surface area (Å²) < 4.78 is 5.48. The van der Waals surface area contributed by atoms with E-state index in [4.69, 9.17) is 9.72 Å². The van der Waals surface area contributed by atoms with Gasteiger partial charge in [-0.25, -0.2) is 4.79 Å². The zero-order valence-electron chi connectivity index (χ0n) is 18.9. The van der Waals surface area contributed by atoms with Crippen LogP contribution in [0.25, 0.3) is 5.57 Å². The van der Waals surface area contributed by atoms with Crippen molar-refractivity contribution in [2.75, 3.05) is 18.0 Å². The Labute approximate surface area is 190 Å². The number of para-hydroxylation sites is 2. The molecule has 0 unspecified atom stereocenters. The van der Waals surface area contributed by atoms with Gasteiger partial charge in [-0.1, -0.05) is 42.5 Å². The molecule has 1 aliphatic heterocycles. The SMILES string of the molecule is CC(C)(C)OC(=O)N1CC=C(c2ccc(N(c3ccccc3)c3ccccc3)cn2)CC1. The lowest BCUT2D eigenvalue weighted by Gasteiger charge is -2.29. The fourth-order valence-electron chi connectivity index (χ4n) is 3.70. The number of amides is 1. The Morgan fingerprint density at radius 2 is 1.53 bits per heavy atom. The first-order valence-corrected chi connectivity index (χ1v) is 10.9. The first kappa shape index (κ1) is 21.6. The summed E-state index contributed by atoms with van der Waals surface area (Å²) in [6.45, 7) is 6.82. The summed E-state index contributed by atoms with van der Waals surface area (Å²) >= 11 is 0. The number of pyridine rings is 1. The van der Waals surface area contributed by atoms with Crippen LogP contribution in [-0.4, -0.2) is 34.7 Å². The molecule has 0 bridgehead atoms. The monoisotopic (exact) mass is 427 g/mol. The van der Waals surface area contributed by atoms with E-state index >= 15 is 0 Å². The van der Waals surface area contributed by atoms with E-state index in [1.165, 1.54) is 0 Å². The number of hydrogen-bond acceptors (Lipinski definition) is 4. The maximum absolute atomic E-state index is 12.3. The lowest BCUT2D eigenvalue weighted by Crippen LogP contribution is -2.39. The lowest BCUT2D eigenvalue weighted by molar-refractivity contribution is 0.0270. The first-order valence-electron chi connectivity index (χ1n) is 10.9. The molecule has 0 saturated carbocycles. The Hall–Kier alpha value is -3.60. The zero-order chi connectivity index (χ0) is 22.6. The van der Waals surface area contributed by atoms with Crippen LogP contribution in [-0.2, 0) is 4.74 Å². The molecular formula is C27H29N3O2. The molecule has 1 amide bonds. The standard InChI is InChI=1S/C27H29N3O2/c1-27(2,3)32-26(31)29-18-16-21(17-19-29)25-15-14-24(20-28-25)30(22-10-6-4-7-11-22)23-12-8-5-9-13-23/h4-16,20H,17-19H2,1-3H3. The minimum atomic E-state index is -0.484. The summed E-state index contributed by atoms with van der Waals surface area (Å²) in [7, 11) is 0. The number of carbonyl (C=O) groups is 1. The highest BCUT2D eigenvalue weighted by atomic mass is 16.6. The third-order valence-electron chi connectivity index (χ3n) is 5.22. The van der Waals surface area contributed by atoms with Crippen LogP contribution < -0.4 is 4.90 Å². The number of hydrogen-bond donors (Lipinski definition) is 0. The Bertz CT molecular complexity index is 1030. The number of anilines is 3. The number of ether oxygens (including phenoxy) is 1. The molecule has 3 aromatic rings. The van der Waals surface area contributed by atoms with Gasteiger partial charge < -0.3 is 14.5 Å². The van der Waals surface area contributed by atoms with Crippen LogP contribution >= 0.6 is 0 Å². The van der Waals surface area contributed by atoms with Crippen molar-refractivity contribution in [1.29, 1.82) is 0 Å². The maximum Gasteiger partial charge on any atom is 0.410 e. The van der Waals surface area contributed by atoms with Gasteiger partial charge in [-0.15, -0.1) is 0 Å². The van der Waals surface area contributed by atoms with E-state index in [1.807, 2.05) is 63.4 Å². The van der Waals surface area contributed by atoms with Crippen molar-refractivity contribution >= 4 is 28.7 Å². The molecule has 0 fully saturated rings. The third-order valence-corrected chi connectivity index (χ3v) is 5.22. The van der Waals surface area contributed by atoms with Crippen molar-refractivity contribution in [3.05, 3.63) is 90.8 Å². The van der Waals surface area contributed by atoms with E-state index in [0.717, 1.165) is 34.8 Å². The highest BCUT2D eigenvalue weighted by molar-refractivity contribution is 5.77. The Morgan fingerprint density at radius 1 is 0.906 bits per heavy atom. The van der Waals surface area contributed by atoms with Gasteiger partial charge in [0, 0.05) is 24.5 Å². The van der Waals surface area contributed by atoms with Crippen LogP contribution in [0.4, 0.5) is 21.9 Å². The molecule has 32 heavy (non-hydrogen) atoms. The Kier molecular flexibility index (Phi) is 6.26. The van der Waals surface area contributed by atoms with Gasteiger partial charge in [0.1, 0.15) is 5.60 Å². The number of nitrogens with zero attached hydrogens (tertiary/aromatic N) is 3. The molecule has 0 saturated heterocycles. The number of aromatic nitrogens is 1. The largest absolute Gasteiger partial charge is 0.444 e. The van der Waals surface area contributed by atoms with Crippen molar-refractivity contribution in [2.24, 2.45) is 0 Å². The van der Waals surface area contributed by atoms with Crippen molar-refractivity contribution in [2.45, 2.75) is 32.8 Å². The van der Waals surface area contributed by atoms with Crippen molar-refractivity contribution in [3.63, 3.8) is 0 Å².